The van der Waals surface area contributed by atoms with Gasteiger partial charge < -0.3 is 4.74 Å². The van der Waals surface area contributed by atoms with E-state index in [1.165, 1.54) is 23.5 Å². The molecule has 0 saturated heterocycles. The van der Waals surface area contributed by atoms with Gasteiger partial charge in [-0.25, -0.2) is 9.98 Å². The van der Waals surface area contributed by atoms with Crippen LogP contribution in [0.15, 0.2) is 53.5 Å². The molecule has 3 rings (SSSR count). The molecule has 134 valence electrons. The standard InChI is InChI=1S/C19H15F3N2OS/c1-12-17(23-11-13-3-9-16(25-2)10-4-13)26-18(24-12)14-5-7-15(8-6-14)19(20,21)22/h3-11H,1-2H3/b23-11+. The van der Waals surface area contributed by atoms with Crippen molar-refractivity contribution in [3.8, 4) is 16.3 Å². The third kappa shape index (κ3) is 4.11. The Hall–Kier alpha value is -2.67. The Morgan fingerprint density at radius 3 is 2.27 bits per heavy atom. The number of rotatable bonds is 4. The van der Waals surface area contributed by atoms with Crippen molar-refractivity contribution in [3.63, 3.8) is 0 Å². The highest BCUT2D eigenvalue weighted by atomic mass is 32.1. The lowest BCUT2D eigenvalue weighted by atomic mass is 10.1. The number of aliphatic imine (C=N–C) groups is 1. The lowest BCUT2D eigenvalue weighted by Gasteiger charge is -2.06. The van der Waals surface area contributed by atoms with Gasteiger partial charge >= 0.3 is 6.18 Å². The summed E-state index contributed by atoms with van der Waals surface area (Å²) in [6.07, 6.45) is -2.62. The lowest BCUT2D eigenvalue weighted by Crippen LogP contribution is -2.03. The molecule has 0 amide bonds. The van der Waals surface area contributed by atoms with Crippen LogP contribution < -0.4 is 4.74 Å². The van der Waals surface area contributed by atoms with Crippen LogP contribution in [-0.4, -0.2) is 18.3 Å². The zero-order valence-corrected chi connectivity index (χ0v) is 14.9. The fourth-order valence-electron chi connectivity index (χ4n) is 2.26. The second-order valence-electron chi connectivity index (χ2n) is 5.52. The van der Waals surface area contributed by atoms with E-state index in [1.54, 1.807) is 13.3 Å². The van der Waals surface area contributed by atoms with E-state index in [0.717, 1.165) is 34.1 Å². The summed E-state index contributed by atoms with van der Waals surface area (Å²) < 4.78 is 43.1. The SMILES string of the molecule is COc1ccc(/C=N/c2sc(-c3ccc(C(F)(F)F)cc3)nc2C)cc1. The molecule has 0 N–H and O–H groups in total. The summed E-state index contributed by atoms with van der Waals surface area (Å²) in [6.45, 7) is 1.82. The molecule has 0 saturated carbocycles. The number of benzene rings is 2. The number of ether oxygens (including phenoxy) is 1. The van der Waals surface area contributed by atoms with E-state index in [-0.39, 0.29) is 0 Å². The molecule has 2 aromatic carbocycles. The Bertz CT molecular complexity index is 913. The highest BCUT2D eigenvalue weighted by Crippen LogP contribution is 2.35. The first-order chi connectivity index (χ1) is 12.4. The topological polar surface area (TPSA) is 34.5 Å². The molecule has 0 atom stereocenters. The minimum atomic E-state index is -4.34. The molecule has 0 unspecified atom stereocenters. The van der Waals surface area contributed by atoms with Crippen LogP contribution in [0.2, 0.25) is 0 Å². The van der Waals surface area contributed by atoms with Gasteiger partial charge in [-0.2, -0.15) is 13.2 Å². The number of halogens is 3. The summed E-state index contributed by atoms with van der Waals surface area (Å²) in [5.41, 5.74) is 1.61. The molecular formula is C19H15F3N2OS. The van der Waals surface area contributed by atoms with Gasteiger partial charge in [0, 0.05) is 11.8 Å². The maximum atomic E-state index is 12.7. The number of thiazole rings is 1. The average Bonchev–Trinajstić information content (AvgIpc) is 3.00. The van der Waals surface area contributed by atoms with Gasteiger partial charge in [-0.05, 0) is 48.9 Å². The Kier molecular flexibility index (Phi) is 5.08. The van der Waals surface area contributed by atoms with Crippen molar-refractivity contribution in [2.24, 2.45) is 4.99 Å². The van der Waals surface area contributed by atoms with Crippen molar-refractivity contribution in [3.05, 3.63) is 65.4 Å². The fraction of sp³-hybridized carbons (Fsp3) is 0.158. The number of aryl methyl sites for hydroxylation is 1. The molecule has 1 heterocycles. The smallest absolute Gasteiger partial charge is 0.416 e. The van der Waals surface area contributed by atoms with Gasteiger partial charge in [0.2, 0.25) is 0 Å². The van der Waals surface area contributed by atoms with Crippen LogP contribution in [0.25, 0.3) is 10.6 Å². The fourth-order valence-corrected chi connectivity index (χ4v) is 3.17. The van der Waals surface area contributed by atoms with Crippen LogP contribution in [0.1, 0.15) is 16.8 Å². The van der Waals surface area contributed by atoms with E-state index in [2.05, 4.69) is 9.98 Å². The number of hydrogen-bond acceptors (Lipinski definition) is 4. The molecule has 26 heavy (non-hydrogen) atoms. The van der Waals surface area contributed by atoms with Crippen LogP contribution in [0.5, 0.6) is 5.75 Å². The molecule has 0 aliphatic rings. The van der Waals surface area contributed by atoms with E-state index >= 15 is 0 Å². The molecule has 0 fully saturated rings. The number of aromatic nitrogens is 1. The van der Waals surface area contributed by atoms with Crippen LogP contribution in [0.3, 0.4) is 0 Å². The third-order valence-corrected chi connectivity index (χ3v) is 4.79. The first-order valence-corrected chi connectivity index (χ1v) is 8.51. The van der Waals surface area contributed by atoms with Gasteiger partial charge in [-0.15, -0.1) is 0 Å². The Labute approximate surface area is 152 Å². The van der Waals surface area contributed by atoms with Crippen LogP contribution in [0.4, 0.5) is 18.2 Å². The number of hydrogen-bond donors (Lipinski definition) is 0. The number of alkyl halides is 3. The molecule has 0 aliphatic heterocycles. The molecule has 0 aliphatic carbocycles. The van der Waals surface area contributed by atoms with Crippen molar-refractivity contribution in [2.75, 3.05) is 7.11 Å². The Morgan fingerprint density at radius 2 is 1.69 bits per heavy atom. The van der Waals surface area contributed by atoms with Gasteiger partial charge in [0.1, 0.15) is 15.8 Å². The molecule has 0 radical (unpaired) electrons. The minimum absolute atomic E-state index is 0.636. The first-order valence-electron chi connectivity index (χ1n) is 7.70. The number of nitrogens with zero attached hydrogens (tertiary/aromatic N) is 2. The summed E-state index contributed by atoms with van der Waals surface area (Å²) in [5, 5.41) is 1.36. The highest BCUT2D eigenvalue weighted by molar-refractivity contribution is 7.18. The summed E-state index contributed by atoms with van der Waals surface area (Å²) in [6, 6.07) is 12.4. The van der Waals surface area contributed by atoms with Crippen LogP contribution in [0, 0.1) is 6.92 Å². The predicted octanol–water partition coefficient (Wildman–Crippen LogP) is 5.90. The van der Waals surface area contributed by atoms with Crippen LogP contribution >= 0.6 is 11.3 Å². The molecule has 1 aromatic heterocycles. The van der Waals surface area contributed by atoms with Gasteiger partial charge in [0.05, 0.1) is 18.4 Å². The van der Waals surface area contributed by atoms with Gasteiger partial charge in [-0.1, -0.05) is 23.5 Å². The zero-order valence-electron chi connectivity index (χ0n) is 14.0. The van der Waals surface area contributed by atoms with Crippen molar-refractivity contribution in [1.82, 2.24) is 4.98 Å². The minimum Gasteiger partial charge on any atom is -0.497 e. The van der Waals surface area contributed by atoms with Gasteiger partial charge in [-0.3, -0.25) is 0 Å². The van der Waals surface area contributed by atoms with Gasteiger partial charge in [0.25, 0.3) is 0 Å². The Morgan fingerprint density at radius 1 is 1.04 bits per heavy atom. The predicted molar refractivity (Wildman–Crippen MR) is 97.5 cm³/mol. The average molecular weight is 376 g/mol. The monoisotopic (exact) mass is 376 g/mol. The van der Waals surface area contributed by atoms with E-state index in [9.17, 15) is 13.2 Å². The molecule has 0 bridgehead atoms. The summed E-state index contributed by atoms with van der Waals surface area (Å²) >= 11 is 1.34. The maximum Gasteiger partial charge on any atom is 0.416 e. The maximum absolute atomic E-state index is 12.7. The molecule has 7 heteroatoms. The molecular weight excluding hydrogens is 361 g/mol. The Balaban J connectivity index is 1.81. The highest BCUT2D eigenvalue weighted by Gasteiger charge is 2.30. The summed E-state index contributed by atoms with van der Waals surface area (Å²) in [7, 11) is 1.60. The van der Waals surface area contributed by atoms with Crippen molar-refractivity contribution < 1.29 is 17.9 Å². The van der Waals surface area contributed by atoms with E-state index in [4.69, 9.17) is 4.74 Å². The van der Waals surface area contributed by atoms with Crippen molar-refractivity contribution >= 4 is 22.6 Å². The van der Waals surface area contributed by atoms with Gasteiger partial charge in [0.15, 0.2) is 0 Å². The first kappa shape index (κ1) is 18.1. The van der Waals surface area contributed by atoms with E-state index in [0.29, 0.717) is 10.6 Å². The quantitative estimate of drug-likeness (QED) is 0.532. The van der Waals surface area contributed by atoms with E-state index in [1.807, 2.05) is 31.2 Å². The largest absolute Gasteiger partial charge is 0.497 e. The normalized spacial score (nSPS) is 11.9. The van der Waals surface area contributed by atoms with Crippen LogP contribution in [-0.2, 0) is 6.18 Å². The van der Waals surface area contributed by atoms with E-state index < -0.39 is 11.7 Å². The third-order valence-electron chi connectivity index (χ3n) is 3.68. The lowest BCUT2D eigenvalue weighted by molar-refractivity contribution is -0.137. The van der Waals surface area contributed by atoms with Crippen molar-refractivity contribution in [1.29, 1.82) is 0 Å². The number of methoxy groups -OCH3 is 1. The molecule has 0 spiro atoms. The second-order valence-corrected chi connectivity index (χ2v) is 6.49. The zero-order chi connectivity index (χ0) is 18.7. The van der Waals surface area contributed by atoms with Crippen molar-refractivity contribution in [2.45, 2.75) is 13.1 Å². The summed E-state index contributed by atoms with van der Waals surface area (Å²) in [5.74, 6) is 0.765. The second kappa shape index (κ2) is 7.29. The summed E-state index contributed by atoms with van der Waals surface area (Å²) in [4.78, 5) is 8.86. The molecule has 3 nitrogen and oxygen atoms in total. The molecule has 3 aromatic rings.